The van der Waals surface area contributed by atoms with Gasteiger partial charge in [0.2, 0.25) is 0 Å². The van der Waals surface area contributed by atoms with Crippen LogP contribution in [0.5, 0.6) is 0 Å². The summed E-state index contributed by atoms with van der Waals surface area (Å²) in [5.74, 6) is -0.554. The van der Waals surface area contributed by atoms with E-state index in [1.807, 2.05) is 0 Å². The molecule has 0 aliphatic heterocycles. The van der Waals surface area contributed by atoms with E-state index < -0.39 is 5.97 Å². The Morgan fingerprint density at radius 2 is 2.40 bits per heavy atom. The quantitative estimate of drug-likeness (QED) is 0.247. The average molecular weight is 140 g/mol. The molecule has 0 fully saturated rings. The molecule has 0 saturated heterocycles. The van der Waals surface area contributed by atoms with E-state index in [-0.39, 0.29) is 12.0 Å². The van der Waals surface area contributed by atoms with Gasteiger partial charge in [0.15, 0.2) is 0 Å². The van der Waals surface area contributed by atoms with Crippen LogP contribution in [0.15, 0.2) is 17.9 Å². The van der Waals surface area contributed by atoms with Crippen molar-refractivity contribution >= 4 is 12.3 Å². The number of aldehydes is 1. The summed E-state index contributed by atoms with van der Waals surface area (Å²) >= 11 is 0. The molecule has 3 heteroatoms. The first-order valence-corrected chi connectivity index (χ1v) is 2.67. The van der Waals surface area contributed by atoms with Crippen LogP contribution in [0.2, 0.25) is 0 Å². The average Bonchev–Trinajstić information content (AvgIpc) is 1.99. The maximum atomic E-state index is 10.6. The molecule has 0 bridgehead atoms. The molecular formula is C7H8O3. The highest BCUT2D eigenvalue weighted by molar-refractivity contribution is 5.91. The molecule has 0 unspecified atom stereocenters. The van der Waals surface area contributed by atoms with E-state index in [0.29, 0.717) is 6.29 Å². The summed E-state index contributed by atoms with van der Waals surface area (Å²) in [6.45, 7) is 3.23. The van der Waals surface area contributed by atoms with Crippen molar-refractivity contribution in [1.82, 2.24) is 0 Å². The Kier molecular flexibility index (Phi) is 3.92. The highest BCUT2D eigenvalue weighted by Gasteiger charge is 2.06. The molecule has 3 nitrogen and oxygen atoms in total. The first-order chi connectivity index (χ1) is 4.76. The Morgan fingerprint density at radius 1 is 1.80 bits per heavy atom. The highest BCUT2D eigenvalue weighted by Crippen LogP contribution is 1.97. The summed E-state index contributed by atoms with van der Waals surface area (Å²) in [5, 5.41) is 0. The zero-order chi connectivity index (χ0) is 7.98. The van der Waals surface area contributed by atoms with Crippen molar-refractivity contribution < 1.29 is 14.3 Å². The van der Waals surface area contributed by atoms with Crippen LogP contribution in [0, 0.1) is 0 Å². The Labute approximate surface area is 59.0 Å². The summed E-state index contributed by atoms with van der Waals surface area (Å²) in [6.07, 6.45) is 0.612. The summed E-state index contributed by atoms with van der Waals surface area (Å²) < 4.78 is 4.32. The normalized spacial score (nSPS) is 7.70. The predicted octanol–water partition coefficient (Wildman–Crippen LogP) is 0.460. The zero-order valence-corrected chi connectivity index (χ0v) is 5.72. The van der Waals surface area contributed by atoms with Crippen LogP contribution in [-0.4, -0.2) is 19.4 Å². The second kappa shape index (κ2) is 4.53. The van der Waals surface area contributed by atoms with Gasteiger partial charge in [-0.05, 0) is 0 Å². The SMILES string of the molecule is C=C=C(CC=O)C(=O)OC. The number of carbonyl (C=O) groups is 2. The molecule has 0 heterocycles. The van der Waals surface area contributed by atoms with E-state index in [2.05, 4.69) is 17.0 Å². The standard InChI is InChI=1S/C7H8O3/c1-3-6(4-5-8)7(9)10-2/h5H,1,4H2,2H3. The Balaban J connectivity index is 4.22. The van der Waals surface area contributed by atoms with Crippen molar-refractivity contribution in [3.8, 4) is 0 Å². The molecule has 0 aliphatic rings. The lowest BCUT2D eigenvalue weighted by molar-refractivity contribution is -0.136. The second-order valence-electron chi connectivity index (χ2n) is 1.52. The number of ether oxygens (including phenoxy) is 1. The third kappa shape index (κ3) is 2.29. The minimum Gasteiger partial charge on any atom is -0.465 e. The van der Waals surface area contributed by atoms with Crippen molar-refractivity contribution in [2.75, 3.05) is 7.11 Å². The van der Waals surface area contributed by atoms with Crippen LogP contribution in [-0.2, 0) is 14.3 Å². The second-order valence-corrected chi connectivity index (χ2v) is 1.52. The van der Waals surface area contributed by atoms with Gasteiger partial charge in [-0.25, -0.2) is 4.79 Å². The first kappa shape index (κ1) is 8.66. The smallest absolute Gasteiger partial charge is 0.342 e. The molecule has 0 rings (SSSR count). The van der Waals surface area contributed by atoms with Crippen molar-refractivity contribution in [2.45, 2.75) is 6.42 Å². The predicted molar refractivity (Wildman–Crippen MR) is 35.4 cm³/mol. The first-order valence-electron chi connectivity index (χ1n) is 2.67. The van der Waals surface area contributed by atoms with Gasteiger partial charge >= 0.3 is 5.97 Å². The molecule has 0 aromatic rings. The van der Waals surface area contributed by atoms with Gasteiger partial charge in [0.25, 0.3) is 0 Å². The van der Waals surface area contributed by atoms with Gasteiger partial charge in [0.05, 0.1) is 12.7 Å². The number of methoxy groups -OCH3 is 1. The topological polar surface area (TPSA) is 43.4 Å². The maximum Gasteiger partial charge on any atom is 0.342 e. The molecule has 0 radical (unpaired) electrons. The largest absolute Gasteiger partial charge is 0.465 e. The van der Waals surface area contributed by atoms with Gasteiger partial charge in [-0.1, -0.05) is 6.58 Å². The lowest BCUT2D eigenvalue weighted by atomic mass is 10.2. The van der Waals surface area contributed by atoms with Gasteiger partial charge in [0, 0.05) is 6.42 Å². The molecule has 0 aromatic carbocycles. The van der Waals surface area contributed by atoms with Crippen molar-refractivity contribution in [3.05, 3.63) is 17.9 Å². The van der Waals surface area contributed by atoms with Crippen LogP contribution in [0.4, 0.5) is 0 Å². The van der Waals surface area contributed by atoms with Crippen molar-refractivity contribution in [3.63, 3.8) is 0 Å². The Morgan fingerprint density at radius 3 is 2.70 bits per heavy atom. The number of hydrogen-bond donors (Lipinski definition) is 0. The number of carbonyl (C=O) groups excluding carboxylic acids is 2. The van der Waals surface area contributed by atoms with E-state index in [1.165, 1.54) is 7.11 Å². The summed E-state index contributed by atoms with van der Waals surface area (Å²) in [5.41, 5.74) is 2.48. The molecule has 54 valence electrons. The fourth-order valence-electron chi connectivity index (χ4n) is 0.434. The molecule has 0 amide bonds. The third-order valence-corrected chi connectivity index (χ3v) is 0.933. The van der Waals surface area contributed by atoms with Crippen LogP contribution < -0.4 is 0 Å². The number of rotatable bonds is 3. The Bertz CT molecular complexity index is 187. The highest BCUT2D eigenvalue weighted by atomic mass is 16.5. The fourth-order valence-corrected chi connectivity index (χ4v) is 0.434. The van der Waals surface area contributed by atoms with Crippen LogP contribution >= 0.6 is 0 Å². The van der Waals surface area contributed by atoms with E-state index in [0.717, 1.165) is 0 Å². The lowest BCUT2D eigenvalue weighted by Crippen LogP contribution is -2.03. The fraction of sp³-hybridized carbons (Fsp3) is 0.286. The molecule has 0 N–H and O–H groups in total. The minimum atomic E-state index is -0.554. The van der Waals surface area contributed by atoms with E-state index in [1.54, 1.807) is 0 Å². The van der Waals surface area contributed by atoms with Crippen LogP contribution in [0.3, 0.4) is 0 Å². The van der Waals surface area contributed by atoms with Gasteiger partial charge in [-0.2, -0.15) is 0 Å². The lowest BCUT2D eigenvalue weighted by Gasteiger charge is -1.95. The van der Waals surface area contributed by atoms with Crippen molar-refractivity contribution in [1.29, 1.82) is 0 Å². The maximum absolute atomic E-state index is 10.6. The molecule has 0 spiro atoms. The molecular weight excluding hydrogens is 132 g/mol. The molecule has 0 aromatic heterocycles. The van der Waals surface area contributed by atoms with Crippen LogP contribution in [0.1, 0.15) is 6.42 Å². The van der Waals surface area contributed by atoms with Crippen LogP contribution in [0.25, 0.3) is 0 Å². The molecule has 0 saturated carbocycles. The monoisotopic (exact) mass is 140 g/mol. The van der Waals surface area contributed by atoms with E-state index in [4.69, 9.17) is 0 Å². The number of esters is 1. The van der Waals surface area contributed by atoms with Gasteiger partial charge in [0.1, 0.15) is 6.29 Å². The zero-order valence-electron chi connectivity index (χ0n) is 5.72. The van der Waals surface area contributed by atoms with E-state index in [9.17, 15) is 9.59 Å². The van der Waals surface area contributed by atoms with E-state index >= 15 is 0 Å². The van der Waals surface area contributed by atoms with Crippen molar-refractivity contribution in [2.24, 2.45) is 0 Å². The van der Waals surface area contributed by atoms with Gasteiger partial charge in [-0.15, -0.1) is 5.73 Å². The summed E-state index contributed by atoms with van der Waals surface area (Å²) in [6, 6.07) is 0. The summed E-state index contributed by atoms with van der Waals surface area (Å²) in [4.78, 5) is 20.5. The minimum absolute atomic E-state index is 0.0101. The van der Waals surface area contributed by atoms with Gasteiger partial charge < -0.3 is 9.53 Å². The molecule has 0 atom stereocenters. The molecule has 10 heavy (non-hydrogen) atoms. The van der Waals surface area contributed by atoms with Gasteiger partial charge in [-0.3, -0.25) is 0 Å². The third-order valence-electron chi connectivity index (χ3n) is 0.933. The number of hydrogen-bond acceptors (Lipinski definition) is 3. The molecule has 0 aliphatic carbocycles. The Hall–Kier alpha value is -1.34. The summed E-state index contributed by atoms with van der Waals surface area (Å²) in [7, 11) is 1.24.